The first-order valence-electron chi connectivity index (χ1n) is 6.42. The van der Waals surface area contributed by atoms with Crippen LogP contribution < -0.4 is 10.6 Å². The molecule has 2 N–H and O–H groups in total. The van der Waals surface area contributed by atoms with E-state index in [0.29, 0.717) is 25.6 Å². The highest BCUT2D eigenvalue weighted by molar-refractivity contribution is 5.86. The molecule has 2 fully saturated rings. The number of carbonyl (C=O) groups excluding carboxylic acids is 2. The van der Waals surface area contributed by atoms with E-state index in [9.17, 15) is 9.59 Å². The average Bonchev–Trinajstić information content (AvgIpc) is 2.82. The van der Waals surface area contributed by atoms with Gasteiger partial charge in [0.1, 0.15) is 0 Å². The van der Waals surface area contributed by atoms with E-state index in [-0.39, 0.29) is 30.1 Å². The molecule has 2 aliphatic rings. The summed E-state index contributed by atoms with van der Waals surface area (Å²) in [6.45, 7) is 2.44. The lowest BCUT2D eigenvalue weighted by atomic mass is 9.95. The predicted molar refractivity (Wildman–Crippen MR) is 71.6 cm³/mol. The standard InChI is InChI=1S/C12H21N3O2.ClH/c1-15-6-4-9(7-11(15)16)12(17)14-8-10-3-2-5-13-10;/h9-10,13H,2-8H2,1H3,(H,14,17);1H. The normalized spacial score (nSPS) is 27.8. The van der Waals surface area contributed by atoms with Crippen LogP contribution in [0, 0.1) is 5.92 Å². The lowest BCUT2D eigenvalue weighted by Crippen LogP contribution is -2.44. The summed E-state index contributed by atoms with van der Waals surface area (Å²) in [5.74, 6) is -0.00403. The molecule has 2 rings (SSSR count). The number of likely N-dealkylation sites (tertiary alicyclic amines) is 1. The first-order chi connectivity index (χ1) is 8.16. The van der Waals surface area contributed by atoms with Crippen molar-refractivity contribution in [3.63, 3.8) is 0 Å². The molecule has 2 unspecified atom stereocenters. The van der Waals surface area contributed by atoms with E-state index >= 15 is 0 Å². The van der Waals surface area contributed by atoms with Crippen molar-refractivity contribution in [1.29, 1.82) is 0 Å². The number of rotatable bonds is 3. The second kappa shape index (κ2) is 6.95. The van der Waals surface area contributed by atoms with Crippen molar-refractivity contribution in [3.8, 4) is 0 Å². The molecule has 0 radical (unpaired) electrons. The van der Waals surface area contributed by atoms with E-state index in [2.05, 4.69) is 10.6 Å². The lowest BCUT2D eigenvalue weighted by Gasteiger charge is -2.28. The molecule has 18 heavy (non-hydrogen) atoms. The molecule has 0 aromatic carbocycles. The minimum atomic E-state index is -0.125. The third-order valence-electron chi connectivity index (χ3n) is 3.72. The zero-order chi connectivity index (χ0) is 12.3. The Hall–Kier alpha value is -0.810. The molecule has 0 spiro atoms. The molecular weight excluding hydrogens is 254 g/mol. The Bertz CT molecular complexity index is 306. The van der Waals surface area contributed by atoms with Gasteiger partial charge in [-0.1, -0.05) is 0 Å². The lowest BCUT2D eigenvalue weighted by molar-refractivity contribution is -0.139. The number of piperidine rings is 1. The van der Waals surface area contributed by atoms with E-state index in [1.54, 1.807) is 11.9 Å². The van der Waals surface area contributed by atoms with Gasteiger partial charge in [-0.05, 0) is 25.8 Å². The zero-order valence-corrected chi connectivity index (χ0v) is 11.6. The van der Waals surface area contributed by atoms with E-state index in [4.69, 9.17) is 0 Å². The van der Waals surface area contributed by atoms with E-state index < -0.39 is 0 Å². The van der Waals surface area contributed by atoms with Crippen LogP contribution in [0.4, 0.5) is 0 Å². The molecule has 6 heteroatoms. The van der Waals surface area contributed by atoms with Gasteiger partial charge in [0.15, 0.2) is 0 Å². The summed E-state index contributed by atoms with van der Waals surface area (Å²) in [7, 11) is 1.79. The third kappa shape index (κ3) is 3.85. The molecule has 2 saturated heterocycles. The van der Waals surface area contributed by atoms with E-state index in [0.717, 1.165) is 19.4 Å². The summed E-state index contributed by atoms with van der Waals surface area (Å²) in [5, 5.41) is 6.30. The number of hydrogen-bond donors (Lipinski definition) is 2. The molecule has 0 aromatic rings. The van der Waals surface area contributed by atoms with Crippen LogP contribution in [-0.4, -0.2) is 49.4 Å². The van der Waals surface area contributed by atoms with Gasteiger partial charge in [0.25, 0.3) is 0 Å². The van der Waals surface area contributed by atoms with Gasteiger partial charge in [0, 0.05) is 38.5 Å². The fraction of sp³-hybridized carbons (Fsp3) is 0.833. The summed E-state index contributed by atoms with van der Waals surface area (Å²) >= 11 is 0. The largest absolute Gasteiger partial charge is 0.354 e. The Morgan fingerprint density at radius 2 is 2.28 bits per heavy atom. The van der Waals surface area contributed by atoms with Crippen molar-refractivity contribution in [2.45, 2.75) is 31.7 Å². The number of hydrogen-bond acceptors (Lipinski definition) is 3. The third-order valence-corrected chi connectivity index (χ3v) is 3.72. The van der Waals surface area contributed by atoms with Crippen LogP contribution in [0.25, 0.3) is 0 Å². The van der Waals surface area contributed by atoms with Gasteiger partial charge in [-0.3, -0.25) is 9.59 Å². The molecule has 2 aliphatic heterocycles. The second-order valence-corrected chi connectivity index (χ2v) is 5.04. The Morgan fingerprint density at radius 3 is 2.89 bits per heavy atom. The van der Waals surface area contributed by atoms with Crippen molar-refractivity contribution in [3.05, 3.63) is 0 Å². The topological polar surface area (TPSA) is 61.4 Å². The first kappa shape index (κ1) is 15.2. The van der Waals surface area contributed by atoms with Gasteiger partial charge < -0.3 is 15.5 Å². The highest BCUT2D eigenvalue weighted by atomic mass is 35.5. The summed E-state index contributed by atoms with van der Waals surface area (Å²) in [6, 6.07) is 0.418. The van der Waals surface area contributed by atoms with Crippen molar-refractivity contribution in [2.75, 3.05) is 26.7 Å². The van der Waals surface area contributed by atoms with Crippen LogP contribution in [0.3, 0.4) is 0 Å². The quantitative estimate of drug-likeness (QED) is 0.771. The maximum absolute atomic E-state index is 11.9. The molecule has 2 atom stereocenters. The fourth-order valence-corrected chi connectivity index (χ4v) is 2.47. The van der Waals surface area contributed by atoms with Crippen molar-refractivity contribution in [2.24, 2.45) is 5.92 Å². The Labute approximate surface area is 114 Å². The molecule has 104 valence electrons. The van der Waals surface area contributed by atoms with Crippen LogP contribution in [0.5, 0.6) is 0 Å². The molecule has 0 aliphatic carbocycles. The highest BCUT2D eigenvalue weighted by Gasteiger charge is 2.28. The summed E-state index contributed by atoms with van der Waals surface area (Å²) in [5.41, 5.74) is 0. The van der Waals surface area contributed by atoms with Gasteiger partial charge >= 0.3 is 0 Å². The summed E-state index contributed by atoms with van der Waals surface area (Å²) in [6.07, 6.45) is 3.46. The fourth-order valence-electron chi connectivity index (χ4n) is 2.47. The number of amides is 2. The maximum atomic E-state index is 11.9. The van der Waals surface area contributed by atoms with E-state index in [1.807, 2.05) is 0 Å². The molecule has 0 aromatic heterocycles. The van der Waals surface area contributed by atoms with Crippen LogP contribution in [0.15, 0.2) is 0 Å². The van der Waals surface area contributed by atoms with Gasteiger partial charge in [-0.2, -0.15) is 0 Å². The minimum Gasteiger partial charge on any atom is -0.354 e. The van der Waals surface area contributed by atoms with Gasteiger partial charge in [-0.25, -0.2) is 0 Å². The van der Waals surface area contributed by atoms with Crippen LogP contribution in [0.2, 0.25) is 0 Å². The van der Waals surface area contributed by atoms with E-state index in [1.165, 1.54) is 6.42 Å². The van der Waals surface area contributed by atoms with Crippen molar-refractivity contribution in [1.82, 2.24) is 15.5 Å². The molecule has 2 heterocycles. The Morgan fingerprint density at radius 1 is 1.50 bits per heavy atom. The van der Waals surface area contributed by atoms with Crippen molar-refractivity contribution < 1.29 is 9.59 Å². The van der Waals surface area contributed by atoms with Crippen molar-refractivity contribution >= 4 is 24.2 Å². The maximum Gasteiger partial charge on any atom is 0.223 e. The van der Waals surface area contributed by atoms with Crippen LogP contribution in [0.1, 0.15) is 25.7 Å². The monoisotopic (exact) mass is 275 g/mol. The van der Waals surface area contributed by atoms with Gasteiger partial charge in [-0.15, -0.1) is 12.4 Å². The summed E-state index contributed by atoms with van der Waals surface area (Å²) < 4.78 is 0. The van der Waals surface area contributed by atoms with Gasteiger partial charge in [0.05, 0.1) is 0 Å². The minimum absolute atomic E-state index is 0. The molecular formula is C12H22ClN3O2. The zero-order valence-electron chi connectivity index (χ0n) is 10.8. The smallest absolute Gasteiger partial charge is 0.223 e. The number of nitrogens with one attached hydrogen (secondary N) is 2. The van der Waals surface area contributed by atoms with Crippen LogP contribution >= 0.6 is 12.4 Å². The molecule has 5 nitrogen and oxygen atoms in total. The first-order valence-corrected chi connectivity index (χ1v) is 6.42. The number of carbonyl (C=O) groups is 2. The van der Waals surface area contributed by atoms with Crippen LogP contribution in [-0.2, 0) is 9.59 Å². The number of nitrogens with zero attached hydrogens (tertiary/aromatic N) is 1. The Balaban J connectivity index is 0.00000162. The average molecular weight is 276 g/mol. The molecule has 0 saturated carbocycles. The number of halogens is 1. The predicted octanol–water partition coefficient (Wildman–Crippen LogP) is 0.145. The molecule has 0 bridgehead atoms. The Kier molecular flexibility index (Phi) is 5.88. The summed E-state index contributed by atoms with van der Waals surface area (Å²) in [4.78, 5) is 25.1. The van der Waals surface area contributed by atoms with Gasteiger partial charge in [0.2, 0.25) is 11.8 Å². The highest BCUT2D eigenvalue weighted by Crippen LogP contribution is 2.17. The molecule has 2 amide bonds. The second-order valence-electron chi connectivity index (χ2n) is 5.04. The SMILES string of the molecule is CN1CCC(C(=O)NCC2CCCN2)CC1=O.Cl.